The van der Waals surface area contributed by atoms with E-state index in [2.05, 4.69) is 23.8 Å². The third-order valence-electron chi connectivity index (χ3n) is 4.23. The van der Waals surface area contributed by atoms with E-state index >= 15 is 0 Å². The van der Waals surface area contributed by atoms with Gasteiger partial charge in [-0.2, -0.15) is 13.1 Å². The van der Waals surface area contributed by atoms with E-state index in [1.807, 2.05) is 12.1 Å². The predicted molar refractivity (Wildman–Crippen MR) is 96.0 cm³/mol. The first-order chi connectivity index (χ1) is 11.9. The van der Waals surface area contributed by atoms with Crippen LogP contribution < -0.4 is 9.03 Å². The van der Waals surface area contributed by atoms with Crippen LogP contribution in [-0.4, -0.2) is 32.4 Å². The number of aldehydes is 1. The van der Waals surface area contributed by atoms with Crippen molar-refractivity contribution in [3.05, 3.63) is 59.2 Å². The van der Waals surface area contributed by atoms with Crippen molar-refractivity contribution in [2.45, 2.75) is 25.8 Å². The van der Waals surface area contributed by atoms with Crippen molar-refractivity contribution < 1.29 is 18.3 Å². The van der Waals surface area contributed by atoms with E-state index in [9.17, 15) is 18.3 Å². The number of rotatable bonds is 5. The molecule has 0 spiro atoms. The number of carbonyl (C=O) groups is 1. The van der Waals surface area contributed by atoms with E-state index in [-0.39, 0.29) is 18.0 Å². The molecule has 1 heterocycles. The fourth-order valence-corrected chi connectivity index (χ4v) is 4.36. The van der Waals surface area contributed by atoms with Crippen LogP contribution in [0, 0.1) is 0 Å². The summed E-state index contributed by atoms with van der Waals surface area (Å²) in [6.07, 6.45) is 2.14. The highest BCUT2D eigenvalue weighted by molar-refractivity contribution is 7.91. The molecule has 25 heavy (non-hydrogen) atoms. The molecule has 0 bridgehead atoms. The van der Waals surface area contributed by atoms with Crippen molar-refractivity contribution in [2.24, 2.45) is 0 Å². The Morgan fingerprint density at radius 3 is 2.56 bits per heavy atom. The summed E-state index contributed by atoms with van der Waals surface area (Å²) in [7, 11) is -3.81. The van der Waals surface area contributed by atoms with Crippen LogP contribution in [0.2, 0.25) is 0 Å². The van der Waals surface area contributed by atoms with Crippen molar-refractivity contribution in [1.29, 1.82) is 0 Å². The molecule has 0 amide bonds. The predicted octanol–water partition coefficient (Wildman–Crippen LogP) is 1.77. The van der Waals surface area contributed by atoms with Gasteiger partial charge in [-0.3, -0.25) is 4.31 Å². The van der Waals surface area contributed by atoms with Crippen molar-refractivity contribution in [3.8, 4) is 5.75 Å². The highest BCUT2D eigenvalue weighted by Crippen LogP contribution is 2.32. The zero-order chi connectivity index (χ0) is 18.0. The van der Waals surface area contributed by atoms with Crippen LogP contribution in [0.4, 0.5) is 5.69 Å². The molecule has 1 fully saturated rings. The van der Waals surface area contributed by atoms with Gasteiger partial charge in [0, 0.05) is 0 Å². The van der Waals surface area contributed by atoms with Crippen LogP contribution in [0.5, 0.6) is 5.75 Å². The molecule has 1 unspecified atom stereocenters. The molecule has 1 atom stereocenters. The number of aryl methyl sites for hydroxylation is 1. The number of phenols is 1. The van der Waals surface area contributed by atoms with Crippen LogP contribution in [0.15, 0.2) is 42.5 Å². The maximum Gasteiger partial charge on any atom is 0.302 e. The van der Waals surface area contributed by atoms with Gasteiger partial charge in [0.05, 0.1) is 18.3 Å². The summed E-state index contributed by atoms with van der Waals surface area (Å²) in [5.74, 6) is -0.124. The van der Waals surface area contributed by atoms with Crippen LogP contribution in [0.1, 0.15) is 23.6 Å². The number of hydrogen-bond donors (Lipinski definition) is 2. The molecule has 2 aromatic rings. The summed E-state index contributed by atoms with van der Waals surface area (Å²) >= 11 is 0. The van der Waals surface area contributed by atoms with Crippen LogP contribution in [-0.2, 0) is 27.8 Å². The monoisotopic (exact) mass is 360 g/mol. The summed E-state index contributed by atoms with van der Waals surface area (Å²) in [4.78, 5) is 10.9. The van der Waals surface area contributed by atoms with Gasteiger partial charge in [-0.05, 0) is 41.7 Å². The molecule has 3 rings (SSSR count). The van der Waals surface area contributed by atoms with Gasteiger partial charge >= 0.3 is 10.2 Å². The summed E-state index contributed by atoms with van der Waals surface area (Å²) in [6, 6.07) is 12.3. The smallest absolute Gasteiger partial charge is 0.302 e. The number of aromatic hydroxyl groups is 1. The van der Waals surface area contributed by atoms with E-state index in [0.29, 0.717) is 12.7 Å². The van der Waals surface area contributed by atoms with Gasteiger partial charge < -0.3 is 9.90 Å². The van der Waals surface area contributed by atoms with E-state index in [1.54, 1.807) is 18.2 Å². The van der Waals surface area contributed by atoms with E-state index in [4.69, 9.17) is 0 Å². The Morgan fingerprint density at radius 1 is 1.20 bits per heavy atom. The maximum absolute atomic E-state index is 12.1. The van der Waals surface area contributed by atoms with Gasteiger partial charge in [-0.1, -0.05) is 37.3 Å². The number of phenolic OH excluding ortho intramolecular Hbond substituents is 1. The first-order valence-corrected chi connectivity index (χ1v) is 9.52. The number of anilines is 1. The normalized spacial score (nSPS) is 19.1. The molecule has 2 N–H and O–H groups in total. The topological polar surface area (TPSA) is 86.7 Å². The summed E-state index contributed by atoms with van der Waals surface area (Å²) < 4.78 is 27.4. The molecule has 1 saturated heterocycles. The molecule has 6 nitrogen and oxygen atoms in total. The highest BCUT2D eigenvalue weighted by atomic mass is 32.2. The standard InChI is InChI=1S/C18H20N2O4S/c1-2-13-4-3-5-14(8-13)9-15-6-7-17(18(22)10-15)20-11-16(12-21)19-25(20,23)24/h3-8,10,12,16,19,22H,2,9,11H2,1H3. The second kappa shape index (κ2) is 6.85. The number of carbonyl (C=O) groups excluding carboxylic acids is 1. The van der Waals surface area contributed by atoms with E-state index < -0.39 is 16.3 Å². The fraction of sp³-hybridized carbons (Fsp3) is 0.278. The number of nitrogens with one attached hydrogen (secondary N) is 1. The molecule has 2 aromatic carbocycles. The fourth-order valence-electron chi connectivity index (χ4n) is 2.95. The number of hydrogen-bond acceptors (Lipinski definition) is 4. The largest absolute Gasteiger partial charge is 0.506 e. The van der Waals surface area contributed by atoms with Gasteiger partial charge in [-0.15, -0.1) is 0 Å². The molecule has 132 valence electrons. The lowest BCUT2D eigenvalue weighted by molar-refractivity contribution is -0.108. The van der Waals surface area contributed by atoms with Gasteiger partial charge in [0.15, 0.2) is 0 Å². The van der Waals surface area contributed by atoms with Gasteiger partial charge in [-0.25, -0.2) is 0 Å². The second-order valence-corrected chi connectivity index (χ2v) is 7.70. The Balaban J connectivity index is 1.85. The first-order valence-electron chi connectivity index (χ1n) is 8.08. The molecule has 0 saturated carbocycles. The van der Waals surface area contributed by atoms with Crippen molar-refractivity contribution in [3.63, 3.8) is 0 Å². The van der Waals surface area contributed by atoms with E-state index in [1.165, 1.54) is 5.56 Å². The second-order valence-electron chi connectivity index (χ2n) is 6.07. The Bertz CT molecular complexity index is 896. The first kappa shape index (κ1) is 17.4. The summed E-state index contributed by atoms with van der Waals surface area (Å²) in [5.41, 5.74) is 3.42. The van der Waals surface area contributed by atoms with Gasteiger partial charge in [0.1, 0.15) is 12.0 Å². The third-order valence-corrected chi connectivity index (χ3v) is 5.76. The zero-order valence-electron chi connectivity index (χ0n) is 13.8. The van der Waals surface area contributed by atoms with E-state index in [0.717, 1.165) is 21.9 Å². The third kappa shape index (κ3) is 3.67. The minimum absolute atomic E-state index is 0.0305. The quantitative estimate of drug-likeness (QED) is 0.796. The highest BCUT2D eigenvalue weighted by Gasteiger charge is 2.36. The maximum atomic E-state index is 12.1. The number of nitrogens with zero attached hydrogens (tertiary/aromatic N) is 1. The average molecular weight is 360 g/mol. The Morgan fingerprint density at radius 2 is 1.92 bits per heavy atom. The zero-order valence-corrected chi connectivity index (χ0v) is 14.7. The Kier molecular flexibility index (Phi) is 4.78. The van der Waals surface area contributed by atoms with Crippen molar-refractivity contribution in [2.75, 3.05) is 10.8 Å². The molecule has 0 aromatic heterocycles. The summed E-state index contributed by atoms with van der Waals surface area (Å²) in [5, 5.41) is 10.3. The van der Waals surface area contributed by atoms with Crippen LogP contribution in [0.3, 0.4) is 0 Å². The van der Waals surface area contributed by atoms with Crippen molar-refractivity contribution >= 4 is 22.2 Å². The van der Waals surface area contributed by atoms with Crippen molar-refractivity contribution in [1.82, 2.24) is 4.72 Å². The average Bonchev–Trinajstić information content (AvgIpc) is 2.90. The molecule has 1 aliphatic rings. The molecule has 7 heteroatoms. The van der Waals surface area contributed by atoms with Gasteiger partial charge in [0.25, 0.3) is 0 Å². The van der Waals surface area contributed by atoms with Gasteiger partial charge in [0.2, 0.25) is 0 Å². The minimum Gasteiger partial charge on any atom is -0.506 e. The molecule has 1 aliphatic heterocycles. The lowest BCUT2D eigenvalue weighted by Gasteiger charge is -2.17. The molecule has 0 radical (unpaired) electrons. The molecular weight excluding hydrogens is 340 g/mol. The molecule has 0 aliphatic carbocycles. The SMILES string of the molecule is CCc1cccc(Cc2ccc(N3CC(C=O)NS3(=O)=O)c(O)c2)c1. The Hall–Kier alpha value is -2.38. The summed E-state index contributed by atoms with van der Waals surface area (Å²) in [6.45, 7) is 2.06. The Labute approximate surface area is 147 Å². The van der Waals surface area contributed by atoms with Crippen LogP contribution >= 0.6 is 0 Å². The van der Waals surface area contributed by atoms with Crippen LogP contribution in [0.25, 0.3) is 0 Å². The lowest BCUT2D eigenvalue weighted by Crippen LogP contribution is -2.30. The number of benzene rings is 2. The molecular formula is C18H20N2O4S. The minimum atomic E-state index is -3.81. The lowest BCUT2D eigenvalue weighted by atomic mass is 10.0.